The molecular weight excluding hydrogens is 1140 g/mol. The number of rotatable bonds is 32. The van der Waals surface area contributed by atoms with Crippen molar-refractivity contribution in [2.75, 3.05) is 33.3 Å². The normalized spacial score (nSPS) is 17.1. The summed E-state index contributed by atoms with van der Waals surface area (Å²) in [6.07, 6.45) is 5.85. The van der Waals surface area contributed by atoms with Gasteiger partial charge in [-0.1, -0.05) is 58.0 Å². The first-order valence-corrected chi connectivity index (χ1v) is 29.9. The number of guanidine groups is 1. The zero-order valence-corrected chi connectivity index (χ0v) is 50.7. The summed E-state index contributed by atoms with van der Waals surface area (Å²) in [4.78, 5) is 157. The van der Waals surface area contributed by atoms with E-state index < -0.39 is 108 Å². The Balaban J connectivity index is 1.24. The van der Waals surface area contributed by atoms with Gasteiger partial charge in [-0.05, 0) is 93.0 Å². The number of fused-ring (bicyclic) bond motifs is 1. The maximum atomic E-state index is 14.9. The van der Waals surface area contributed by atoms with Crippen molar-refractivity contribution in [2.24, 2.45) is 28.3 Å². The van der Waals surface area contributed by atoms with Gasteiger partial charge in [0.25, 0.3) is 0 Å². The fourth-order valence-corrected chi connectivity index (χ4v) is 10.8. The molecule has 2 saturated heterocycles. The maximum absolute atomic E-state index is 14.9. The maximum Gasteiger partial charge on any atom is 0.247 e. The van der Waals surface area contributed by atoms with E-state index in [4.69, 9.17) is 11.5 Å². The number of phenolic OH excluding ortho intramolecular Hbond substituents is 1. The topological polar surface area (TPSA) is 423 Å². The number of carbonyl (C=O) groups excluding carboxylic acids is 10. The average molecular weight is 1220 g/mol. The molecule has 28 nitrogen and oxygen atoms in total. The second-order valence-electron chi connectivity index (χ2n) is 23.2. The summed E-state index contributed by atoms with van der Waals surface area (Å²) in [5, 5.41) is 43.6. The zero-order chi connectivity index (χ0) is 64.2. The minimum absolute atomic E-state index is 0.0433. The first-order valence-electron chi connectivity index (χ1n) is 29.9. The average Bonchev–Trinajstić information content (AvgIpc) is 4.20. The largest absolute Gasteiger partial charge is 0.508 e. The lowest BCUT2D eigenvalue weighted by Crippen LogP contribution is -2.61. The number of phenols is 1. The first kappa shape index (κ1) is 68.0. The molecule has 0 radical (unpaired) electrons. The number of aromatic nitrogens is 3. The number of nitrogens with one attached hydrogen (secondary N) is 10. The van der Waals surface area contributed by atoms with Crippen LogP contribution in [-0.4, -0.2) is 188 Å². The van der Waals surface area contributed by atoms with E-state index >= 15 is 0 Å². The Labute approximate surface area is 510 Å². The molecule has 2 aromatic carbocycles. The lowest BCUT2D eigenvalue weighted by atomic mass is 9.98. The summed E-state index contributed by atoms with van der Waals surface area (Å²) in [5.74, 6) is -7.39. The summed E-state index contributed by atoms with van der Waals surface area (Å²) >= 11 is 0. The number of aliphatic hydroxyl groups is 1. The molecule has 4 aromatic rings. The summed E-state index contributed by atoms with van der Waals surface area (Å²) in [5.41, 5.74) is 13.3. The third kappa shape index (κ3) is 19.5. The van der Waals surface area contributed by atoms with Crippen molar-refractivity contribution in [3.63, 3.8) is 0 Å². The SMILES string of the molecule is CCNC(=O)[C@@H]1CCCN1C(=O)[C@H](CCCN=C(N)N)NC(=O)[C@H](CC(C)C)NC(=O)[C@@H](CC(C)C)NC(=O)[C@H](Cc1ccc(O)cc1)N(C)C(=O)[C@H](CO)NC(=O)[C@H](Cc1c[nH]c2ccccc12)NC(=O)[C@H](Cc1cnc[nH]1)NC(=O)[C@@H]1CCC(=O)N1. The van der Waals surface area contributed by atoms with Crippen molar-refractivity contribution in [3.05, 3.63) is 84.1 Å². The van der Waals surface area contributed by atoms with Crippen LogP contribution in [0.3, 0.4) is 0 Å². The van der Waals surface area contributed by atoms with Gasteiger partial charge in [-0.3, -0.25) is 52.9 Å². The van der Waals surface area contributed by atoms with Gasteiger partial charge in [0, 0.05) is 81.4 Å². The van der Waals surface area contributed by atoms with E-state index in [1.807, 2.05) is 45.9 Å². The second-order valence-corrected chi connectivity index (χ2v) is 23.2. The van der Waals surface area contributed by atoms with Crippen molar-refractivity contribution in [1.82, 2.24) is 67.3 Å². The summed E-state index contributed by atoms with van der Waals surface area (Å²) in [6.45, 7) is 8.86. The molecule has 9 atom stereocenters. The van der Waals surface area contributed by atoms with Gasteiger partial charge < -0.3 is 84.0 Å². The molecule has 2 aliphatic heterocycles. The van der Waals surface area contributed by atoms with Crippen molar-refractivity contribution in [1.29, 1.82) is 0 Å². The number of aromatic amines is 2. The van der Waals surface area contributed by atoms with Gasteiger partial charge in [0.15, 0.2) is 5.96 Å². The lowest BCUT2D eigenvalue weighted by molar-refractivity contribution is -0.144. The van der Waals surface area contributed by atoms with Gasteiger partial charge in [0.2, 0.25) is 59.1 Å². The molecule has 4 heterocycles. The van der Waals surface area contributed by atoms with E-state index in [0.717, 1.165) is 10.4 Å². The number of para-hydroxylation sites is 1. The fraction of sp³-hybridized carbons (Fsp3) is 0.533. The summed E-state index contributed by atoms with van der Waals surface area (Å²) in [6, 6.07) is 1.73. The van der Waals surface area contributed by atoms with Crippen LogP contribution in [-0.2, 0) is 67.2 Å². The van der Waals surface area contributed by atoms with Crippen molar-refractivity contribution in [2.45, 2.75) is 160 Å². The monoisotopic (exact) mass is 1220 g/mol. The molecular formula is C60H86N16O12. The highest BCUT2D eigenvalue weighted by Crippen LogP contribution is 2.23. The first-order chi connectivity index (χ1) is 42.0. The van der Waals surface area contributed by atoms with Crippen LogP contribution in [0, 0.1) is 11.8 Å². The Hall–Kier alpha value is -9.08. The van der Waals surface area contributed by atoms with Crippen LogP contribution in [0.5, 0.6) is 5.75 Å². The van der Waals surface area contributed by atoms with E-state index in [0.29, 0.717) is 41.6 Å². The van der Waals surface area contributed by atoms with Gasteiger partial charge in [-0.25, -0.2) is 4.98 Å². The molecule has 10 amide bonds. The van der Waals surface area contributed by atoms with E-state index in [-0.39, 0.29) is 106 Å². The molecule has 0 bridgehead atoms. The minimum Gasteiger partial charge on any atom is -0.508 e. The smallest absolute Gasteiger partial charge is 0.247 e. The van der Waals surface area contributed by atoms with Crippen LogP contribution in [0.25, 0.3) is 10.9 Å². The number of imidazole rings is 1. The highest BCUT2D eigenvalue weighted by molar-refractivity contribution is 5.99. The molecule has 478 valence electrons. The Bertz CT molecular complexity index is 3090. The molecule has 6 rings (SSSR count). The Morgan fingerprint density at radius 3 is 1.97 bits per heavy atom. The van der Waals surface area contributed by atoms with E-state index in [1.54, 1.807) is 19.2 Å². The van der Waals surface area contributed by atoms with Crippen LogP contribution < -0.4 is 54.0 Å². The molecule has 16 N–H and O–H groups in total. The Morgan fingerprint density at radius 2 is 1.36 bits per heavy atom. The zero-order valence-electron chi connectivity index (χ0n) is 50.7. The number of carbonyl (C=O) groups is 10. The number of aliphatic hydroxyl groups excluding tert-OH is 1. The minimum atomic E-state index is -1.74. The van der Waals surface area contributed by atoms with Gasteiger partial charge in [0.1, 0.15) is 60.1 Å². The van der Waals surface area contributed by atoms with Gasteiger partial charge in [-0.2, -0.15) is 0 Å². The molecule has 0 unspecified atom stereocenters. The predicted octanol–water partition coefficient (Wildman–Crippen LogP) is -1.10. The van der Waals surface area contributed by atoms with Crippen molar-refractivity contribution < 1.29 is 58.2 Å². The van der Waals surface area contributed by atoms with Crippen LogP contribution in [0.4, 0.5) is 0 Å². The number of nitrogens with zero attached hydrogens (tertiary/aromatic N) is 4. The quantitative estimate of drug-likeness (QED) is 0.0157. The number of aromatic hydroxyl groups is 1. The Morgan fingerprint density at radius 1 is 0.750 bits per heavy atom. The lowest BCUT2D eigenvalue weighted by Gasteiger charge is -2.33. The molecule has 0 saturated carbocycles. The van der Waals surface area contributed by atoms with E-state index in [9.17, 15) is 58.2 Å². The van der Waals surface area contributed by atoms with E-state index in [1.165, 1.54) is 48.7 Å². The van der Waals surface area contributed by atoms with Crippen LogP contribution >= 0.6 is 0 Å². The molecule has 2 aromatic heterocycles. The van der Waals surface area contributed by atoms with Crippen molar-refractivity contribution >= 4 is 75.9 Å². The fourth-order valence-electron chi connectivity index (χ4n) is 10.8. The molecule has 0 spiro atoms. The summed E-state index contributed by atoms with van der Waals surface area (Å²) in [7, 11) is 1.28. The van der Waals surface area contributed by atoms with Crippen LogP contribution in [0.1, 0.15) is 103 Å². The highest BCUT2D eigenvalue weighted by Gasteiger charge is 2.41. The van der Waals surface area contributed by atoms with E-state index in [2.05, 4.69) is 62.5 Å². The van der Waals surface area contributed by atoms with Gasteiger partial charge >= 0.3 is 0 Å². The Kier molecular flexibility index (Phi) is 25.2. The highest BCUT2D eigenvalue weighted by atomic mass is 16.3. The molecule has 88 heavy (non-hydrogen) atoms. The summed E-state index contributed by atoms with van der Waals surface area (Å²) < 4.78 is 0. The molecule has 28 heteroatoms. The number of hydrogen-bond acceptors (Lipinski definition) is 14. The van der Waals surface area contributed by atoms with Gasteiger partial charge in [0.05, 0.1) is 12.9 Å². The molecule has 2 fully saturated rings. The number of benzene rings is 2. The number of H-pyrrole nitrogens is 2. The van der Waals surface area contributed by atoms with Crippen LogP contribution in [0.2, 0.25) is 0 Å². The van der Waals surface area contributed by atoms with Gasteiger partial charge in [-0.15, -0.1) is 0 Å². The standard InChI is InChI=1S/C60H86N16O12/c1-7-64-56(85)48-15-11-23-76(48)59(88)42(14-10-22-65-60(61)62)69-52(81)43(24-33(2)3)70-53(82)44(25-34(4)5)73-57(86)49(26-35-16-18-38(78)19-17-35)75(6)58(87)47(31-77)74-54(83)45(27-36-29-66-40-13-9-8-12-39(36)40)71-55(84)46(28-37-30-63-32-67-37)72-51(80)41-20-21-50(79)68-41/h8-9,12-13,16-19,29-30,32-34,41-49,66,77-78H,7,10-11,14-15,20-28,31H2,1-6H3,(H,63,67)(H,64,85)(H,68,79)(H,69,81)(H,70,82)(H,71,84)(H,72,80)(H,73,86)(H,74,83)(H4,61,62,65)/t41-,42-,43-,44+,45-,46-,47-,48-,49-/m0/s1. The van der Waals surface area contributed by atoms with Crippen LogP contribution in [0.15, 0.2) is 72.2 Å². The predicted molar refractivity (Wildman–Crippen MR) is 325 cm³/mol. The number of hydrogen-bond donors (Lipinski definition) is 14. The number of aliphatic imine (C=N–C) groups is 1. The molecule has 0 aliphatic carbocycles. The third-order valence-corrected chi connectivity index (χ3v) is 15.4. The second kappa shape index (κ2) is 32.6. The number of likely N-dealkylation sites (tertiary alicyclic amines) is 1. The molecule has 2 aliphatic rings. The number of amides is 10. The van der Waals surface area contributed by atoms with Crippen molar-refractivity contribution in [3.8, 4) is 5.75 Å². The number of likely N-dealkylation sites (N-methyl/N-ethyl adjacent to an activating group) is 2. The number of nitrogens with two attached hydrogens (primary N) is 2. The third-order valence-electron chi connectivity index (χ3n) is 15.4.